The van der Waals surface area contributed by atoms with Gasteiger partial charge in [-0.3, -0.25) is 19.5 Å². The van der Waals surface area contributed by atoms with Crippen molar-refractivity contribution < 1.29 is 14.5 Å². The molecule has 1 aliphatic heterocycles. The minimum absolute atomic E-state index is 0.0394. The second-order valence-electron chi connectivity index (χ2n) is 11.0. The molecule has 0 saturated heterocycles. The molecule has 47 heavy (non-hydrogen) atoms. The second-order valence-corrected chi connectivity index (χ2v) is 12.0. The van der Waals surface area contributed by atoms with Crippen LogP contribution < -0.4 is 14.9 Å². The van der Waals surface area contributed by atoms with E-state index in [0.29, 0.717) is 27.1 Å². The van der Waals surface area contributed by atoms with Crippen LogP contribution in [0.2, 0.25) is 0 Å². The first-order valence-corrected chi connectivity index (χ1v) is 15.9. The zero-order valence-corrected chi connectivity index (χ0v) is 26.1. The number of nitrogens with zero attached hydrogens (tertiary/aromatic N) is 4. The van der Waals surface area contributed by atoms with Gasteiger partial charge in [-0.05, 0) is 30.2 Å². The van der Waals surface area contributed by atoms with Crippen molar-refractivity contribution in [2.75, 3.05) is 6.61 Å². The fourth-order valence-corrected chi connectivity index (χ4v) is 6.96. The van der Waals surface area contributed by atoms with Gasteiger partial charge >= 0.3 is 5.97 Å². The molecule has 0 radical (unpaired) electrons. The molecule has 0 saturated carbocycles. The summed E-state index contributed by atoms with van der Waals surface area (Å²) in [6.07, 6.45) is 3.86. The summed E-state index contributed by atoms with van der Waals surface area (Å²) >= 11 is 1.28. The number of esters is 1. The Labute approximate surface area is 272 Å². The van der Waals surface area contributed by atoms with Crippen LogP contribution in [0.5, 0.6) is 0 Å². The van der Waals surface area contributed by atoms with E-state index in [0.717, 1.165) is 33.2 Å². The molecule has 232 valence electrons. The molecular weight excluding hydrogens is 612 g/mol. The minimum atomic E-state index is -0.743. The molecule has 9 nitrogen and oxygen atoms in total. The number of para-hydroxylation sites is 1. The molecule has 0 amide bonds. The molecule has 0 bridgehead atoms. The highest BCUT2D eigenvalue weighted by atomic mass is 32.1. The number of benzene rings is 4. The topological polar surface area (TPSA) is 109 Å². The van der Waals surface area contributed by atoms with Crippen molar-refractivity contribution in [2.24, 2.45) is 4.99 Å². The van der Waals surface area contributed by atoms with E-state index in [1.807, 2.05) is 97.2 Å². The zero-order valence-electron chi connectivity index (χ0n) is 25.3. The number of carbonyl (C=O) groups is 1. The van der Waals surface area contributed by atoms with E-state index >= 15 is 0 Å². The van der Waals surface area contributed by atoms with Crippen LogP contribution in [0.1, 0.15) is 35.2 Å². The van der Waals surface area contributed by atoms with Crippen molar-refractivity contribution in [3.63, 3.8) is 0 Å². The quantitative estimate of drug-likeness (QED) is 0.118. The van der Waals surface area contributed by atoms with Gasteiger partial charge in [0.05, 0.1) is 33.4 Å². The molecule has 10 heteroatoms. The van der Waals surface area contributed by atoms with Gasteiger partial charge in [-0.15, -0.1) is 0 Å². The highest BCUT2D eigenvalue weighted by Gasteiger charge is 2.35. The van der Waals surface area contributed by atoms with Crippen LogP contribution in [0.15, 0.2) is 131 Å². The molecular formula is C37H28N4O5S. The average Bonchev–Trinajstić information content (AvgIpc) is 3.60. The molecule has 0 fully saturated rings. The van der Waals surface area contributed by atoms with Crippen molar-refractivity contribution in [1.82, 2.24) is 9.13 Å². The number of aromatic nitrogens is 2. The first-order chi connectivity index (χ1) is 22.9. The summed E-state index contributed by atoms with van der Waals surface area (Å²) in [4.78, 5) is 44.1. The van der Waals surface area contributed by atoms with Gasteiger partial charge in [-0.1, -0.05) is 102 Å². The van der Waals surface area contributed by atoms with Gasteiger partial charge in [0.25, 0.3) is 11.2 Å². The molecule has 0 spiro atoms. The Bertz CT molecular complexity index is 2360. The third kappa shape index (κ3) is 5.59. The molecule has 0 N–H and O–H groups in total. The number of ether oxygens (including phenoxy) is 1. The van der Waals surface area contributed by atoms with E-state index in [4.69, 9.17) is 9.73 Å². The van der Waals surface area contributed by atoms with Crippen LogP contribution in [-0.4, -0.2) is 26.6 Å². The standard InChI is InChI=1S/C37H28N4O5S/c1-2-46-36(43)32-33(25-11-5-3-6-12-25)38-37-40(34(32)26-13-7-4-8-14-26)35(42)31(47-37)21-27-23-39(30-16-10-9-15-29(27)30)22-24-17-19-28(20-18-24)41(44)45/h3-21,23,34H,2,22H2,1H3/b31-21-/t34-/m1/s1. The van der Waals surface area contributed by atoms with E-state index in [9.17, 15) is 19.7 Å². The summed E-state index contributed by atoms with van der Waals surface area (Å²) in [5.74, 6) is -0.521. The predicted octanol–water partition coefficient (Wildman–Crippen LogP) is 5.85. The Morgan fingerprint density at radius 2 is 1.64 bits per heavy atom. The molecule has 6 aromatic rings. The normalized spacial score (nSPS) is 14.6. The van der Waals surface area contributed by atoms with Crippen LogP contribution >= 0.6 is 11.3 Å². The number of fused-ring (bicyclic) bond motifs is 2. The zero-order chi connectivity index (χ0) is 32.5. The number of nitro benzene ring substituents is 1. The van der Waals surface area contributed by atoms with Crippen molar-refractivity contribution in [1.29, 1.82) is 0 Å². The Hall–Kier alpha value is -5.87. The van der Waals surface area contributed by atoms with Crippen LogP contribution in [0.4, 0.5) is 5.69 Å². The van der Waals surface area contributed by atoms with Crippen LogP contribution in [-0.2, 0) is 16.1 Å². The molecule has 1 aliphatic rings. The predicted molar refractivity (Wildman–Crippen MR) is 182 cm³/mol. The third-order valence-electron chi connectivity index (χ3n) is 8.10. The number of carbonyl (C=O) groups excluding carboxylic acids is 1. The summed E-state index contributed by atoms with van der Waals surface area (Å²) in [7, 11) is 0. The first kappa shape index (κ1) is 29.8. The van der Waals surface area contributed by atoms with Crippen LogP contribution in [0.3, 0.4) is 0 Å². The van der Waals surface area contributed by atoms with Gasteiger partial charge in [-0.25, -0.2) is 9.79 Å². The lowest BCUT2D eigenvalue weighted by Gasteiger charge is -2.25. The average molecular weight is 641 g/mol. The minimum Gasteiger partial charge on any atom is -0.463 e. The Morgan fingerprint density at radius 1 is 0.957 bits per heavy atom. The lowest BCUT2D eigenvalue weighted by Crippen LogP contribution is -2.39. The van der Waals surface area contributed by atoms with Gasteiger partial charge in [0, 0.05) is 46.9 Å². The fraction of sp³-hybridized carbons (Fsp3) is 0.108. The highest BCUT2D eigenvalue weighted by Crippen LogP contribution is 2.35. The lowest BCUT2D eigenvalue weighted by atomic mass is 9.93. The summed E-state index contributed by atoms with van der Waals surface area (Å²) in [6.45, 7) is 2.43. The molecule has 3 heterocycles. The Morgan fingerprint density at radius 3 is 2.34 bits per heavy atom. The lowest BCUT2D eigenvalue weighted by molar-refractivity contribution is -0.384. The monoisotopic (exact) mass is 640 g/mol. The van der Waals surface area contributed by atoms with Crippen molar-refractivity contribution >= 4 is 45.7 Å². The summed E-state index contributed by atoms with van der Waals surface area (Å²) in [5, 5.41) is 12.1. The molecule has 7 rings (SSSR count). The van der Waals surface area contributed by atoms with Crippen molar-refractivity contribution in [3.8, 4) is 0 Å². The number of rotatable bonds is 8. The van der Waals surface area contributed by atoms with Crippen LogP contribution in [0, 0.1) is 10.1 Å². The number of hydrogen-bond acceptors (Lipinski definition) is 7. The Kier molecular flexibility index (Phi) is 7.93. The number of non-ortho nitro benzene ring substituents is 1. The largest absolute Gasteiger partial charge is 0.463 e. The maximum atomic E-state index is 14.3. The van der Waals surface area contributed by atoms with Crippen molar-refractivity contribution in [2.45, 2.75) is 19.5 Å². The van der Waals surface area contributed by atoms with Crippen molar-refractivity contribution in [3.05, 3.63) is 173 Å². The van der Waals surface area contributed by atoms with Gasteiger partial charge in [-0.2, -0.15) is 0 Å². The summed E-state index contributed by atoms with van der Waals surface area (Å²) < 4.78 is 9.69. The highest BCUT2D eigenvalue weighted by molar-refractivity contribution is 7.07. The molecule has 0 aliphatic carbocycles. The second kappa shape index (κ2) is 12.5. The number of thiazole rings is 1. The van der Waals surface area contributed by atoms with Gasteiger partial charge in [0.1, 0.15) is 0 Å². The molecule has 1 atom stereocenters. The smallest absolute Gasteiger partial charge is 0.338 e. The van der Waals surface area contributed by atoms with Gasteiger partial charge in [0.2, 0.25) is 0 Å². The van der Waals surface area contributed by atoms with Crippen LogP contribution in [0.25, 0.3) is 22.7 Å². The maximum absolute atomic E-state index is 14.3. The first-order valence-electron chi connectivity index (χ1n) is 15.1. The van der Waals surface area contributed by atoms with Gasteiger partial charge in [0.15, 0.2) is 4.80 Å². The summed E-state index contributed by atoms with van der Waals surface area (Å²) in [6, 6.07) is 32.6. The number of hydrogen-bond donors (Lipinski definition) is 0. The van der Waals surface area contributed by atoms with Gasteiger partial charge < -0.3 is 9.30 Å². The molecule has 0 unspecified atom stereocenters. The van der Waals surface area contributed by atoms with E-state index in [1.165, 1.54) is 23.5 Å². The molecule has 2 aromatic heterocycles. The van der Waals surface area contributed by atoms with E-state index < -0.39 is 16.9 Å². The molecule has 4 aromatic carbocycles. The number of nitro groups is 1. The maximum Gasteiger partial charge on any atom is 0.338 e. The third-order valence-corrected chi connectivity index (χ3v) is 9.08. The van der Waals surface area contributed by atoms with E-state index in [-0.39, 0.29) is 17.9 Å². The Balaban J connectivity index is 1.41. The SMILES string of the molecule is CCOC(=O)C1=C(c2ccccc2)N=c2s/c(=C\c3cn(Cc4ccc([N+](=O)[O-])cc4)c4ccccc34)c(=O)n2[C@@H]1c1ccccc1. The van der Waals surface area contributed by atoms with E-state index in [2.05, 4.69) is 4.57 Å². The summed E-state index contributed by atoms with van der Waals surface area (Å²) in [5.41, 5.74) is 4.80. The fourth-order valence-electron chi connectivity index (χ4n) is 5.97. The van der Waals surface area contributed by atoms with E-state index in [1.54, 1.807) is 23.6 Å².